The van der Waals surface area contributed by atoms with Gasteiger partial charge in [0.15, 0.2) is 11.5 Å². The normalized spacial score (nSPS) is 11.6. The summed E-state index contributed by atoms with van der Waals surface area (Å²) in [6, 6.07) is 4.49. The van der Waals surface area contributed by atoms with Gasteiger partial charge in [0.25, 0.3) is 5.91 Å². The van der Waals surface area contributed by atoms with Crippen LogP contribution in [0.3, 0.4) is 0 Å². The molecule has 0 saturated heterocycles. The van der Waals surface area contributed by atoms with Crippen LogP contribution in [0.1, 0.15) is 31.3 Å². The van der Waals surface area contributed by atoms with Crippen molar-refractivity contribution in [1.29, 1.82) is 0 Å². The molecular formula is C15H18ClFN4O2. The first kappa shape index (κ1) is 17.4. The van der Waals surface area contributed by atoms with Crippen LogP contribution in [0.25, 0.3) is 5.69 Å². The molecule has 0 fully saturated rings. The third kappa shape index (κ3) is 4.05. The third-order valence-electron chi connectivity index (χ3n) is 3.14. The molecule has 1 amide bonds. The number of rotatable bonds is 5. The van der Waals surface area contributed by atoms with Crippen LogP contribution < -0.4 is 0 Å². The molecule has 1 N–H and O–H groups in total. The van der Waals surface area contributed by atoms with Gasteiger partial charge in [-0.25, -0.2) is 9.07 Å². The standard InChI is InChI=1S/C15H18ClFN4O2/c1-4-20(9-15(2,3)23)14(22)11-8-21(19-18-11)12-7-5-6-10(16)13(12)17/h5-8,23H,4,9H2,1-3H3. The maximum absolute atomic E-state index is 14.0. The molecule has 0 radical (unpaired) electrons. The summed E-state index contributed by atoms with van der Waals surface area (Å²) in [6.45, 7) is 5.58. The number of carbonyl (C=O) groups excluding carboxylic acids is 1. The molecule has 6 nitrogen and oxygen atoms in total. The summed E-state index contributed by atoms with van der Waals surface area (Å²) in [7, 11) is 0. The number of halogens is 2. The molecule has 2 rings (SSSR count). The molecule has 0 aliphatic carbocycles. The number of nitrogens with zero attached hydrogens (tertiary/aromatic N) is 4. The van der Waals surface area contributed by atoms with E-state index in [1.807, 2.05) is 0 Å². The van der Waals surface area contributed by atoms with Gasteiger partial charge in [0.1, 0.15) is 5.69 Å². The minimum atomic E-state index is -1.03. The zero-order chi connectivity index (χ0) is 17.2. The van der Waals surface area contributed by atoms with Crippen LogP contribution in [0.4, 0.5) is 4.39 Å². The quantitative estimate of drug-likeness (QED) is 0.906. The van der Waals surface area contributed by atoms with Crippen molar-refractivity contribution in [2.24, 2.45) is 0 Å². The van der Waals surface area contributed by atoms with Gasteiger partial charge >= 0.3 is 0 Å². The van der Waals surface area contributed by atoms with Gasteiger partial charge in [0, 0.05) is 13.1 Å². The van der Waals surface area contributed by atoms with Crippen LogP contribution in [0.5, 0.6) is 0 Å². The molecule has 1 aromatic heterocycles. The number of carbonyl (C=O) groups is 1. The highest BCUT2D eigenvalue weighted by Gasteiger charge is 2.24. The molecule has 0 saturated carbocycles. The highest BCUT2D eigenvalue weighted by atomic mass is 35.5. The third-order valence-corrected chi connectivity index (χ3v) is 3.43. The van der Waals surface area contributed by atoms with Crippen molar-refractivity contribution < 1.29 is 14.3 Å². The van der Waals surface area contributed by atoms with Crippen molar-refractivity contribution in [2.45, 2.75) is 26.4 Å². The summed E-state index contributed by atoms with van der Waals surface area (Å²) in [6.07, 6.45) is 1.34. The lowest BCUT2D eigenvalue weighted by Gasteiger charge is -2.27. The van der Waals surface area contributed by atoms with Gasteiger partial charge in [-0.05, 0) is 32.9 Å². The van der Waals surface area contributed by atoms with Crippen LogP contribution in [0.2, 0.25) is 5.02 Å². The predicted molar refractivity (Wildman–Crippen MR) is 84.2 cm³/mol. The number of aliphatic hydroxyl groups is 1. The second-order valence-corrected chi connectivity index (χ2v) is 6.16. The first-order valence-electron chi connectivity index (χ1n) is 7.11. The second kappa shape index (κ2) is 6.64. The van der Waals surface area contributed by atoms with Crippen LogP contribution in [0.15, 0.2) is 24.4 Å². The Morgan fingerprint density at radius 1 is 1.48 bits per heavy atom. The average Bonchev–Trinajstić information content (AvgIpc) is 2.95. The zero-order valence-corrected chi connectivity index (χ0v) is 13.9. The molecule has 0 aliphatic heterocycles. The van der Waals surface area contributed by atoms with E-state index in [-0.39, 0.29) is 28.9 Å². The Balaban J connectivity index is 2.28. The molecule has 124 valence electrons. The van der Waals surface area contributed by atoms with E-state index in [1.165, 1.54) is 23.2 Å². The fourth-order valence-corrected chi connectivity index (χ4v) is 2.27. The van der Waals surface area contributed by atoms with Gasteiger partial charge in [-0.2, -0.15) is 0 Å². The number of likely N-dealkylation sites (N-methyl/N-ethyl adjacent to an activating group) is 1. The minimum Gasteiger partial charge on any atom is -0.389 e. The van der Waals surface area contributed by atoms with E-state index in [9.17, 15) is 14.3 Å². The molecule has 2 aromatic rings. The number of hydrogen-bond donors (Lipinski definition) is 1. The minimum absolute atomic E-state index is 0.0388. The fourth-order valence-electron chi connectivity index (χ4n) is 2.11. The number of amides is 1. The van der Waals surface area contributed by atoms with Crippen molar-refractivity contribution in [3.8, 4) is 5.69 Å². The van der Waals surface area contributed by atoms with Crippen LogP contribution in [-0.2, 0) is 0 Å². The molecule has 0 spiro atoms. The highest BCUT2D eigenvalue weighted by Crippen LogP contribution is 2.20. The number of benzene rings is 1. The summed E-state index contributed by atoms with van der Waals surface area (Å²) >= 11 is 5.74. The van der Waals surface area contributed by atoms with Crippen LogP contribution in [-0.4, -0.2) is 49.6 Å². The highest BCUT2D eigenvalue weighted by molar-refractivity contribution is 6.30. The maximum atomic E-state index is 14.0. The lowest BCUT2D eigenvalue weighted by Crippen LogP contribution is -2.42. The van der Waals surface area contributed by atoms with E-state index in [1.54, 1.807) is 26.8 Å². The fraction of sp³-hybridized carbons (Fsp3) is 0.400. The molecule has 8 heteroatoms. The van der Waals surface area contributed by atoms with Crippen molar-refractivity contribution in [1.82, 2.24) is 19.9 Å². The largest absolute Gasteiger partial charge is 0.389 e. The van der Waals surface area contributed by atoms with Crippen molar-refractivity contribution >= 4 is 17.5 Å². The van der Waals surface area contributed by atoms with E-state index >= 15 is 0 Å². The second-order valence-electron chi connectivity index (χ2n) is 5.75. The van der Waals surface area contributed by atoms with Crippen LogP contribution in [0, 0.1) is 5.82 Å². The molecular weight excluding hydrogens is 323 g/mol. The van der Waals surface area contributed by atoms with Gasteiger partial charge in [-0.3, -0.25) is 4.79 Å². The maximum Gasteiger partial charge on any atom is 0.276 e. The Morgan fingerprint density at radius 3 is 2.78 bits per heavy atom. The molecule has 0 atom stereocenters. The van der Waals surface area contributed by atoms with Gasteiger partial charge < -0.3 is 10.0 Å². The summed E-state index contributed by atoms with van der Waals surface area (Å²) in [5.41, 5.74) is -0.856. The SMILES string of the molecule is CCN(CC(C)(C)O)C(=O)c1cn(-c2cccc(Cl)c2F)nn1. The van der Waals surface area contributed by atoms with Crippen molar-refractivity contribution in [2.75, 3.05) is 13.1 Å². The average molecular weight is 341 g/mol. The van der Waals surface area contributed by atoms with Gasteiger partial charge in [0.2, 0.25) is 0 Å². The first-order chi connectivity index (χ1) is 10.7. The van der Waals surface area contributed by atoms with Crippen molar-refractivity contribution in [3.63, 3.8) is 0 Å². The summed E-state index contributed by atoms with van der Waals surface area (Å²) < 4.78 is 15.2. The lowest BCUT2D eigenvalue weighted by molar-refractivity contribution is 0.0311. The van der Waals surface area contributed by atoms with E-state index in [4.69, 9.17) is 11.6 Å². The summed E-state index contributed by atoms with van der Waals surface area (Å²) in [5, 5.41) is 17.4. The Hall–Kier alpha value is -1.99. The molecule has 1 aromatic carbocycles. The lowest BCUT2D eigenvalue weighted by atomic mass is 10.1. The Kier molecular flexibility index (Phi) is 5.01. The molecule has 0 aliphatic rings. The number of hydrogen-bond acceptors (Lipinski definition) is 4. The van der Waals surface area contributed by atoms with E-state index in [0.717, 1.165) is 4.68 Å². The summed E-state index contributed by atoms with van der Waals surface area (Å²) in [4.78, 5) is 13.9. The smallest absolute Gasteiger partial charge is 0.276 e. The van der Waals surface area contributed by atoms with Gasteiger partial charge in [0.05, 0.1) is 16.8 Å². The first-order valence-corrected chi connectivity index (χ1v) is 7.49. The van der Waals surface area contributed by atoms with E-state index in [0.29, 0.717) is 6.54 Å². The van der Waals surface area contributed by atoms with E-state index in [2.05, 4.69) is 10.3 Å². The Morgan fingerprint density at radius 2 is 2.17 bits per heavy atom. The zero-order valence-electron chi connectivity index (χ0n) is 13.1. The van der Waals surface area contributed by atoms with E-state index < -0.39 is 11.4 Å². The van der Waals surface area contributed by atoms with Crippen LogP contribution >= 0.6 is 11.6 Å². The van der Waals surface area contributed by atoms with Crippen molar-refractivity contribution in [3.05, 3.63) is 40.9 Å². The molecule has 0 bridgehead atoms. The monoisotopic (exact) mass is 340 g/mol. The predicted octanol–water partition coefficient (Wildman–Crippen LogP) is 2.29. The Labute approximate surface area is 138 Å². The Bertz CT molecular complexity index is 712. The topological polar surface area (TPSA) is 71.2 Å². The van der Waals surface area contributed by atoms with Gasteiger partial charge in [-0.1, -0.05) is 22.9 Å². The summed E-state index contributed by atoms with van der Waals surface area (Å²) in [5.74, 6) is -1.02. The van der Waals surface area contributed by atoms with Gasteiger partial charge in [-0.15, -0.1) is 5.10 Å². The molecule has 1 heterocycles. The molecule has 23 heavy (non-hydrogen) atoms. The molecule has 0 unspecified atom stereocenters. The number of aromatic nitrogens is 3.